The molecule has 1 N–H and O–H groups in total. The molecule has 0 amide bonds. The fourth-order valence-electron chi connectivity index (χ4n) is 3.53. The van der Waals surface area contributed by atoms with Gasteiger partial charge in [0.25, 0.3) is 0 Å². The van der Waals surface area contributed by atoms with Gasteiger partial charge in [-0.15, -0.1) is 35.4 Å². The van der Waals surface area contributed by atoms with E-state index in [1.807, 2.05) is 12.3 Å². The summed E-state index contributed by atoms with van der Waals surface area (Å²) in [5.41, 5.74) is 4.90. The van der Waals surface area contributed by atoms with E-state index in [1.165, 1.54) is 41.8 Å². The van der Waals surface area contributed by atoms with Gasteiger partial charge in [-0.1, -0.05) is 32.0 Å². The molecule has 1 heterocycles. The summed E-state index contributed by atoms with van der Waals surface area (Å²) in [7, 11) is 0. The predicted molar refractivity (Wildman–Crippen MR) is 105 cm³/mol. The Balaban J connectivity index is 0.000000285. The second-order valence-corrected chi connectivity index (χ2v) is 7.04. The van der Waals surface area contributed by atoms with Gasteiger partial charge in [0.1, 0.15) is 0 Å². The maximum Gasteiger partial charge on any atom is 0.155 e. The van der Waals surface area contributed by atoms with Crippen LogP contribution in [0.1, 0.15) is 38.8 Å². The molecule has 0 saturated carbocycles. The molecule has 0 radical (unpaired) electrons. The molecule has 0 spiro atoms. The van der Waals surface area contributed by atoms with Gasteiger partial charge in [0.15, 0.2) is 5.78 Å². The Hall–Kier alpha value is -2.25. The number of hydrogen-bond donors (Lipinski definition) is 1. The molecule has 1 aliphatic carbocycles. The van der Waals surface area contributed by atoms with E-state index >= 15 is 0 Å². The van der Waals surface area contributed by atoms with Crippen LogP contribution in [0.3, 0.4) is 0 Å². The molecular formula is C23H22NO2Pt-. The fourth-order valence-corrected chi connectivity index (χ4v) is 3.53. The molecule has 2 aromatic carbocycles. The molecule has 1 aliphatic rings. The number of rotatable bonds is 1. The Labute approximate surface area is 174 Å². The average Bonchev–Trinajstić information content (AvgIpc) is 2.59. The van der Waals surface area contributed by atoms with Crippen molar-refractivity contribution >= 4 is 16.6 Å². The summed E-state index contributed by atoms with van der Waals surface area (Å²) in [4.78, 5) is 14.6. The molecule has 4 rings (SSSR count). The first-order valence-corrected chi connectivity index (χ1v) is 8.60. The predicted octanol–water partition coefficient (Wildman–Crippen LogP) is 5.38. The van der Waals surface area contributed by atoms with E-state index in [9.17, 15) is 4.79 Å². The minimum Gasteiger partial charge on any atom is -0.512 e. The van der Waals surface area contributed by atoms with Gasteiger partial charge in [-0.05, 0) is 47.4 Å². The van der Waals surface area contributed by atoms with E-state index in [1.54, 1.807) is 0 Å². The summed E-state index contributed by atoms with van der Waals surface area (Å²) in [6.07, 6.45) is 3.06. The molecule has 0 saturated heterocycles. The van der Waals surface area contributed by atoms with Crippen molar-refractivity contribution in [1.82, 2.24) is 4.98 Å². The Morgan fingerprint density at radius 3 is 2.44 bits per heavy atom. The maximum absolute atomic E-state index is 10.0. The molecule has 0 unspecified atom stereocenters. The third-order valence-corrected chi connectivity index (χ3v) is 4.64. The first-order chi connectivity index (χ1) is 12.3. The van der Waals surface area contributed by atoms with E-state index in [0.717, 1.165) is 11.3 Å². The zero-order valence-electron chi connectivity index (χ0n) is 15.8. The SMILES string of the molecule is CC(=O)/C=C(/C)O.CC1(C)c2ccc[c-]c2-c2nccc3cccc1c23.[Pt]. The van der Waals surface area contributed by atoms with Crippen LogP contribution in [0.4, 0.5) is 0 Å². The molecular weight excluding hydrogens is 517 g/mol. The van der Waals surface area contributed by atoms with Crippen molar-refractivity contribution in [2.75, 3.05) is 0 Å². The van der Waals surface area contributed by atoms with Gasteiger partial charge < -0.3 is 10.1 Å². The summed E-state index contributed by atoms with van der Waals surface area (Å²) in [6, 6.07) is 18.2. The largest absolute Gasteiger partial charge is 0.512 e. The Morgan fingerprint density at radius 2 is 1.81 bits per heavy atom. The minimum absolute atomic E-state index is 0. The van der Waals surface area contributed by atoms with Gasteiger partial charge in [0, 0.05) is 33.3 Å². The molecule has 0 atom stereocenters. The van der Waals surface area contributed by atoms with Crippen LogP contribution in [0.15, 0.2) is 60.5 Å². The number of aliphatic hydroxyl groups excluding tert-OH is 1. The van der Waals surface area contributed by atoms with Crippen LogP contribution in [0, 0.1) is 6.07 Å². The number of hydrogen-bond acceptors (Lipinski definition) is 3. The quantitative estimate of drug-likeness (QED) is 0.257. The Kier molecular flexibility index (Phi) is 6.38. The van der Waals surface area contributed by atoms with Gasteiger partial charge in [-0.3, -0.25) is 4.79 Å². The van der Waals surface area contributed by atoms with Crippen molar-refractivity contribution in [2.45, 2.75) is 33.1 Å². The molecule has 4 heteroatoms. The summed E-state index contributed by atoms with van der Waals surface area (Å²) in [6.45, 7) is 7.41. The van der Waals surface area contributed by atoms with Crippen LogP contribution in [0.5, 0.6) is 0 Å². The van der Waals surface area contributed by atoms with Crippen LogP contribution < -0.4 is 0 Å². The minimum atomic E-state index is -0.125. The monoisotopic (exact) mass is 539 g/mol. The van der Waals surface area contributed by atoms with Crippen LogP contribution in [0.25, 0.3) is 22.0 Å². The van der Waals surface area contributed by atoms with E-state index in [-0.39, 0.29) is 38.0 Å². The van der Waals surface area contributed by atoms with Crippen molar-refractivity contribution in [3.63, 3.8) is 0 Å². The van der Waals surface area contributed by atoms with E-state index in [2.05, 4.69) is 61.3 Å². The fraction of sp³-hybridized carbons (Fsp3) is 0.217. The van der Waals surface area contributed by atoms with Gasteiger partial charge in [-0.25, -0.2) is 0 Å². The molecule has 1 aromatic heterocycles. The zero-order chi connectivity index (χ0) is 18.9. The second kappa shape index (κ2) is 8.19. The number of carbonyl (C=O) groups is 1. The number of fused-ring (bicyclic) bond motifs is 2. The average molecular weight is 540 g/mol. The molecule has 27 heavy (non-hydrogen) atoms. The number of allylic oxidation sites excluding steroid dienone is 2. The van der Waals surface area contributed by atoms with Gasteiger partial charge in [0.2, 0.25) is 0 Å². The summed E-state index contributed by atoms with van der Waals surface area (Å²) >= 11 is 0. The number of aromatic nitrogens is 1. The third-order valence-electron chi connectivity index (χ3n) is 4.64. The van der Waals surface area contributed by atoms with Crippen LogP contribution in [-0.4, -0.2) is 15.9 Å². The van der Waals surface area contributed by atoms with Crippen molar-refractivity contribution in [3.05, 3.63) is 77.7 Å². The van der Waals surface area contributed by atoms with E-state index in [4.69, 9.17) is 5.11 Å². The third kappa shape index (κ3) is 4.04. The van der Waals surface area contributed by atoms with Crippen molar-refractivity contribution in [1.29, 1.82) is 0 Å². The summed E-state index contributed by atoms with van der Waals surface area (Å²) in [5, 5.41) is 10.9. The standard InChI is InChI=1S/C18H14N.C5H8O2.Pt/c1-18(2)14-8-4-3-7-13(14)17-16-12(10-11-19-17)6-5-9-15(16)18;1-4(6)3-5(2)7;/h3-6,8-11H,1-2H3;3,6H,1-2H3;/q-1;;/b;4-3-;. The number of nitrogens with zero attached hydrogens (tertiary/aromatic N) is 1. The number of aliphatic hydroxyl groups is 1. The van der Waals surface area contributed by atoms with Gasteiger partial charge >= 0.3 is 0 Å². The number of carbonyl (C=O) groups excluding carboxylic acids is 1. The number of ketones is 1. The first-order valence-electron chi connectivity index (χ1n) is 8.60. The van der Waals surface area contributed by atoms with Crippen molar-refractivity contribution in [3.8, 4) is 11.3 Å². The smallest absolute Gasteiger partial charge is 0.155 e. The normalized spacial score (nSPS) is 13.7. The van der Waals surface area contributed by atoms with Crippen LogP contribution in [0.2, 0.25) is 0 Å². The summed E-state index contributed by atoms with van der Waals surface area (Å²) in [5.74, 6) is -0.0625. The summed E-state index contributed by atoms with van der Waals surface area (Å²) < 4.78 is 0. The zero-order valence-corrected chi connectivity index (χ0v) is 18.1. The Morgan fingerprint density at radius 1 is 1.11 bits per heavy atom. The van der Waals surface area contributed by atoms with Gasteiger partial charge in [0.05, 0.1) is 5.76 Å². The van der Waals surface area contributed by atoms with Gasteiger partial charge in [-0.2, -0.15) is 0 Å². The number of pyridine rings is 1. The second-order valence-electron chi connectivity index (χ2n) is 7.04. The van der Waals surface area contributed by atoms with Crippen molar-refractivity contribution in [2.24, 2.45) is 0 Å². The van der Waals surface area contributed by atoms with E-state index < -0.39 is 0 Å². The molecule has 0 aliphatic heterocycles. The first kappa shape index (κ1) is 21.1. The van der Waals surface area contributed by atoms with Crippen molar-refractivity contribution < 1.29 is 31.0 Å². The maximum atomic E-state index is 10.0. The van der Waals surface area contributed by atoms with Crippen LogP contribution in [-0.2, 0) is 31.3 Å². The molecule has 0 bridgehead atoms. The molecule has 0 fully saturated rings. The van der Waals surface area contributed by atoms with E-state index in [0.29, 0.717) is 0 Å². The molecule has 3 nitrogen and oxygen atoms in total. The van der Waals surface area contributed by atoms with Crippen LogP contribution >= 0.6 is 0 Å². The number of benzene rings is 2. The molecule has 142 valence electrons. The molecule has 3 aromatic rings. The topological polar surface area (TPSA) is 50.2 Å². The Bertz CT molecular complexity index is 1010.